The second kappa shape index (κ2) is 8.02. The molecule has 146 valence electrons. The molecule has 7 nitrogen and oxygen atoms in total. The maximum Gasteiger partial charge on any atom is 0.322 e. The van der Waals surface area contributed by atoms with Gasteiger partial charge in [-0.2, -0.15) is 0 Å². The number of nitrogens with zero attached hydrogens (tertiary/aromatic N) is 2. The Labute approximate surface area is 167 Å². The SMILES string of the molecule is CCOc1ccc(-c2nnc(NC(=O)c3cc4ccccc4cc3OC)o2)cc1. The van der Waals surface area contributed by atoms with Crippen LogP contribution in [-0.4, -0.2) is 29.8 Å². The van der Waals surface area contributed by atoms with E-state index in [1.807, 2.05) is 61.5 Å². The quantitative estimate of drug-likeness (QED) is 0.521. The van der Waals surface area contributed by atoms with Gasteiger partial charge in [0.25, 0.3) is 5.91 Å². The molecule has 1 heterocycles. The van der Waals surface area contributed by atoms with Crippen LogP contribution >= 0.6 is 0 Å². The van der Waals surface area contributed by atoms with Crippen LogP contribution in [-0.2, 0) is 0 Å². The van der Waals surface area contributed by atoms with Crippen molar-refractivity contribution < 1.29 is 18.7 Å². The van der Waals surface area contributed by atoms with Crippen molar-refractivity contribution in [3.8, 4) is 23.0 Å². The van der Waals surface area contributed by atoms with E-state index in [9.17, 15) is 4.79 Å². The molecule has 0 spiro atoms. The third-order valence-electron chi connectivity index (χ3n) is 4.37. The number of benzene rings is 3. The summed E-state index contributed by atoms with van der Waals surface area (Å²) in [6, 6.07) is 18.6. The molecule has 0 saturated carbocycles. The molecule has 0 unspecified atom stereocenters. The first kappa shape index (κ1) is 18.5. The van der Waals surface area contributed by atoms with Crippen molar-refractivity contribution in [2.24, 2.45) is 0 Å². The van der Waals surface area contributed by atoms with Crippen molar-refractivity contribution in [1.82, 2.24) is 10.2 Å². The van der Waals surface area contributed by atoms with E-state index in [2.05, 4.69) is 15.5 Å². The Morgan fingerprint density at radius 1 is 1.03 bits per heavy atom. The highest BCUT2D eigenvalue weighted by Gasteiger charge is 2.17. The van der Waals surface area contributed by atoms with E-state index in [1.54, 1.807) is 6.07 Å². The maximum atomic E-state index is 12.8. The Morgan fingerprint density at radius 3 is 2.45 bits per heavy atom. The number of ether oxygens (including phenoxy) is 2. The van der Waals surface area contributed by atoms with E-state index in [0.717, 1.165) is 22.1 Å². The van der Waals surface area contributed by atoms with Crippen molar-refractivity contribution in [3.63, 3.8) is 0 Å². The third-order valence-corrected chi connectivity index (χ3v) is 4.37. The molecule has 1 aromatic heterocycles. The summed E-state index contributed by atoms with van der Waals surface area (Å²) in [5.41, 5.74) is 1.11. The number of hydrogen-bond donors (Lipinski definition) is 1. The van der Waals surface area contributed by atoms with Crippen LogP contribution in [0.15, 0.2) is 65.1 Å². The number of methoxy groups -OCH3 is 1. The number of fused-ring (bicyclic) bond motifs is 1. The number of hydrogen-bond acceptors (Lipinski definition) is 6. The molecule has 4 rings (SSSR count). The van der Waals surface area contributed by atoms with Crippen molar-refractivity contribution in [3.05, 3.63) is 66.2 Å². The molecule has 0 atom stereocenters. The highest BCUT2D eigenvalue weighted by molar-refractivity contribution is 6.07. The normalized spacial score (nSPS) is 10.7. The molecule has 0 bridgehead atoms. The molecule has 3 aromatic carbocycles. The first-order valence-corrected chi connectivity index (χ1v) is 9.13. The minimum Gasteiger partial charge on any atom is -0.496 e. The molecule has 0 aliphatic carbocycles. The molecule has 1 amide bonds. The van der Waals surface area contributed by atoms with Crippen molar-refractivity contribution in [2.75, 3.05) is 19.0 Å². The maximum absolute atomic E-state index is 12.8. The molecule has 0 aliphatic rings. The van der Waals surface area contributed by atoms with Gasteiger partial charge in [0.05, 0.1) is 19.3 Å². The number of aromatic nitrogens is 2. The molecule has 29 heavy (non-hydrogen) atoms. The lowest BCUT2D eigenvalue weighted by molar-refractivity contribution is 0.102. The van der Waals surface area contributed by atoms with Crippen LogP contribution in [0.1, 0.15) is 17.3 Å². The summed E-state index contributed by atoms with van der Waals surface area (Å²) >= 11 is 0. The van der Waals surface area contributed by atoms with E-state index < -0.39 is 5.91 Å². The van der Waals surface area contributed by atoms with Gasteiger partial charge in [-0.05, 0) is 54.1 Å². The lowest BCUT2D eigenvalue weighted by Crippen LogP contribution is -2.13. The van der Waals surface area contributed by atoms with Gasteiger partial charge in [-0.1, -0.05) is 29.4 Å². The van der Waals surface area contributed by atoms with Crippen LogP contribution in [0.4, 0.5) is 6.01 Å². The van der Waals surface area contributed by atoms with E-state index in [0.29, 0.717) is 23.8 Å². The van der Waals surface area contributed by atoms with Crippen LogP contribution in [0.3, 0.4) is 0 Å². The Bertz CT molecular complexity index is 1150. The Kier molecular flexibility index (Phi) is 5.11. The summed E-state index contributed by atoms with van der Waals surface area (Å²) in [7, 11) is 1.53. The smallest absolute Gasteiger partial charge is 0.322 e. The summed E-state index contributed by atoms with van der Waals surface area (Å²) in [6.07, 6.45) is 0. The van der Waals surface area contributed by atoms with Crippen LogP contribution < -0.4 is 14.8 Å². The van der Waals surface area contributed by atoms with Crippen LogP contribution in [0, 0.1) is 0 Å². The zero-order chi connectivity index (χ0) is 20.2. The fraction of sp³-hybridized carbons (Fsp3) is 0.136. The van der Waals surface area contributed by atoms with Crippen molar-refractivity contribution >= 4 is 22.7 Å². The summed E-state index contributed by atoms with van der Waals surface area (Å²) in [5.74, 6) is 1.13. The van der Waals surface area contributed by atoms with Gasteiger partial charge >= 0.3 is 6.01 Å². The predicted octanol–water partition coefficient (Wildman–Crippen LogP) is 4.55. The Balaban J connectivity index is 1.55. The van der Waals surface area contributed by atoms with Gasteiger partial charge in [-0.25, -0.2) is 0 Å². The largest absolute Gasteiger partial charge is 0.496 e. The molecule has 1 N–H and O–H groups in total. The monoisotopic (exact) mass is 389 g/mol. The van der Waals surface area contributed by atoms with Crippen LogP contribution in [0.2, 0.25) is 0 Å². The minimum atomic E-state index is -0.394. The van der Waals surface area contributed by atoms with E-state index in [1.165, 1.54) is 7.11 Å². The molecule has 0 fully saturated rings. The Morgan fingerprint density at radius 2 is 1.76 bits per heavy atom. The van der Waals surface area contributed by atoms with Gasteiger partial charge in [0.1, 0.15) is 11.5 Å². The molecule has 4 aromatic rings. The van der Waals surface area contributed by atoms with E-state index >= 15 is 0 Å². The number of nitrogens with one attached hydrogen (secondary N) is 1. The summed E-state index contributed by atoms with van der Waals surface area (Å²) in [4.78, 5) is 12.8. The second-order valence-corrected chi connectivity index (χ2v) is 6.22. The first-order chi connectivity index (χ1) is 14.2. The zero-order valence-corrected chi connectivity index (χ0v) is 16.0. The minimum absolute atomic E-state index is 0.00842. The number of rotatable bonds is 6. The highest BCUT2D eigenvalue weighted by atomic mass is 16.5. The van der Waals surface area contributed by atoms with Crippen LogP contribution in [0.5, 0.6) is 11.5 Å². The van der Waals surface area contributed by atoms with Gasteiger partial charge in [0.15, 0.2) is 0 Å². The lowest BCUT2D eigenvalue weighted by atomic mass is 10.1. The zero-order valence-electron chi connectivity index (χ0n) is 16.0. The number of anilines is 1. The molecule has 0 aliphatic heterocycles. The fourth-order valence-electron chi connectivity index (χ4n) is 2.98. The molecular weight excluding hydrogens is 370 g/mol. The third kappa shape index (κ3) is 3.89. The van der Waals surface area contributed by atoms with Crippen molar-refractivity contribution in [1.29, 1.82) is 0 Å². The van der Waals surface area contributed by atoms with Gasteiger partial charge in [0, 0.05) is 5.56 Å². The standard InChI is InChI=1S/C22H19N3O4/c1-3-28-17-10-8-14(9-11-17)21-24-25-22(29-21)23-20(26)18-12-15-6-4-5-7-16(15)13-19(18)27-2/h4-13H,3H2,1-2H3,(H,23,25,26). The first-order valence-electron chi connectivity index (χ1n) is 9.13. The average molecular weight is 389 g/mol. The van der Waals surface area contributed by atoms with Crippen LogP contribution in [0.25, 0.3) is 22.2 Å². The topological polar surface area (TPSA) is 86.5 Å². The summed E-state index contributed by atoms with van der Waals surface area (Å²) < 4.78 is 16.4. The highest BCUT2D eigenvalue weighted by Crippen LogP contribution is 2.27. The van der Waals surface area contributed by atoms with E-state index in [-0.39, 0.29) is 6.01 Å². The number of carbonyl (C=O) groups excluding carboxylic acids is 1. The number of amides is 1. The molecule has 0 saturated heterocycles. The van der Waals surface area contributed by atoms with Crippen molar-refractivity contribution in [2.45, 2.75) is 6.92 Å². The van der Waals surface area contributed by atoms with Gasteiger partial charge in [-0.15, -0.1) is 5.10 Å². The average Bonchev–Trinajstić information content (AvgIpc) is 3.22. The summed E-state index contributed by atoms with van der Waals surface area (Å²) in [6.45, 7) is 2.51. The fourth-order valence-corrected chi connectivity index (χ4v) is 2.98. The van der Waals surface area contributed by atoms with E-state index in [4.69, 9.17) is 13.9 Å². The predicted molar refractivity (Wildman–Crippen MR) is 109 cm³/mol. The van der Waals surface area contributed by atoms with Gasteiger partial charge in [-0.3, -0.25) is 10.1 Å². The lowest BCUT2D eigenvalue weighted by Gasteiger charge is -2.09. The summed E-state index contributed by atoms with van der Waals surface area (Å²) in [5, 5.41) is 12.5. The molecule has 7 heteroatoms. The second-order valence-electron chi connectivity index (χ2n) is 6.22. The van der Waals surface area contributed by atoms with Gasteiger partial charge < -0.3 is 13.9 Å². The molecular formula is C22H19N3O4. The Hall–Kier alpha value is -3.87. The van der Waals surface area contributed by atoms with Gasteiger partial charge in [0.2, 0.25) is 5.89 Å². The molecule has 0 radical (unpaired) electrons. The number of carbonyl (C=O) groups is 1.